The van der Waals surface area contributed by atoms with E-state index in [-0.39, 0.29) is 48.9 Å². The molecule has 0 bridgehead atoms. The van der Waals surface area contributed by atoms with E-state index in [4.69, 9.17) is 9.47 Å². The van der Waals surface area contributed by atoms with Crippen LogP contribution in [0.4, 0.5) is 5.69 Å². The van der Waals surface area contributed by atoms with Gasteiger partial charge in [0.25, 0.3) is 10.0 Å². The van der Waals surface area contributed by atoms with Crippen LogP contribution in [0.5, 0.6) is 5.75 Å². The molecule has 4 rings (SSSR count). The molecule has 0 saturated carbocycles. The van der Waals surface area contributed by atoms with Crippen LogP contribution in [0.25, 0.3) is 0 Å². The summed E-state index contributed by atoms with van der Waals surface area (Å²) >= 11 is 0. The molecular formula is C28H42N6O7S. The van der Waals surface area contributed by atoms with Crippen molar-refractivity contribution in [3.8, 4) is 5.75 Å². The Bertz CT molecular complexity index is 1340. The highest BCUT2D eigenvalue weighted by Gasteiger charge is 2.34. The Kier molecular flexibility index (Phi) is 10.6. The van der Waals surface area contributed by atoms with Crippen molar-refractivity contribution < 1.29 is 32.6 Å². The Labute approximate surface area is 247 Å². The number of aliphatic hydroxyl groups excluding tert-OH is 1. The van der Waals surface area contributed by atoms with E-state index >= 15 is 0 Å². The second-order valence-corrected chi connectivity index (χ2v) is 13.1. The maximum Gasteiger partial charge on any atom is 0.261 e. The van der Waals surface area contributed by atoms with E-state index in [1.807, 2.05) is 6.92 Å². The number of morpholine rings is 1. The van der Waals surface area contributed by atoms with Crippen molar-refractivity contribution in [3.63, 3.8) is 0 Å². The van der Waals surface area contributed by atoms with Gasteiger partial charge in [-0.3, -0.25) is 14.5 Å². The summed E-state index contributed by atoms with van der Waals surface area (Å²) in [6, 6.07) is 4.71. The molecule has 0 spiro atoms. The average Bonchev–Trinajstić information content (AvgIpc) is 3.43. The minimum atomic E-state index is -3.88. The number of nitrogens with one attached hydrogen (secondary N) is 1. The number of nitrogens with zero attached hydrogens (tertiary/aromatic N) is 5. The predicted molar refractivity (Wildman–Crippen MR) is 156 cm³/mol. The quantitative estimate of drug-likeness (QED) is 0.396. The third-order valence-corrected chi connectivity index (χ3v) is 9.46. The smallest absolute Gasteiger partial charge is 0.261 e. The molecule has 14 heteroatoms. The first-order valence-corrected chi connectivity index (χ1v) is 15.7. The van der Waals surface area contributed by atoms with Crippen molar-refractivity contribution in [2.75, 3.05) is 64.9 Å². The number of benzene rings is 1. The zero-order chi connectivity index (χ0) is 30.4. The van der Waals surface area contributed by atoms with Crippen molar-refractivity contribution in [2.45, 2.75) is 43.9 Å². The molecule has 0 unspecified atom stereocenters. The van der Waals surface area contributed by atoms with Crippen LogP contribution in [-0.4, -0.2) is 121 Å². The van der Waals surface area contributed by atoms with Crippen molar-refractivity contribution in [1.82, 2.24) is 23.7 Å². The second-order valence-electron chi connectivity index (χ2n) is 11.1. The predicted octanol–water partition coefficient (Wildman–Crippen LogP) is 0.551. The average molecular weight is 607 g/mol. The van der Waals surface area contributed by atoms with Crippen LogP contribution in [0.3, 0.4) is 0 Å². The van der Waals surface area contributed by atoms with Gasteiger partial charge < -0.3 is 29.4 Å². The summed E-state index contributed by atoms with van der Waals surface area (Å²) in [7, 11) is -0.714. The summed E-state index contributed by atoms with van der Waals surface area (Å²) in [5, 5.41) is 12.7. The summed E-state index contributed by atoms with van der Waals surface area (Å²) < 4.78 is 41.0. The van der Waals surface area contributed by atoms with E-state index in [0.29, 0.717) is 43.2 Å². The number of hydrogen-bond acceptors (Lipinski definition) is 9. The van der Waals surface area contributed by atoms with Gasteiger partial charge in [-0.25, -0.2) is 13.4 Å². The number of imidazole rings is 1. The third-order valence-electron chi connectivity index (χ3n) is 7.75. The van der Waals surface area contributed by atoms with E-state index in [9.17, 15) is 23.1 Å². The molecule has 2 aromatic rings. The first kappa shape index (κ1) is 31.9. The van der Waals surface area contributed by atoms with E-state index in [1.54, 1.807) is 41.6 Å². The molecule has 1 saturated heterocycles. The number of carbonyl (C=O) groups excluding carboxylic acids is 2. The zero-order valence-corrected chi connectivity index (χ0v) is 25.5. The number of fused-ring (bicyclic) bond motifs is 1. The minimum Gasteiger partial charge on any atom is -0.488 e. The van der Waals surface area contributed by atoms with E-state index in [0.717, 1.165) is 13.1 Å². The van der Waals surface area contributed by atoms with Crippen molar-refractivity contribution in [1.29, 1.82) is 0 Å². The molecule has 232 valence electrons. The topological polar surface area (TPSA) is 147 Å². The summed E-state index contributed by atoms with van der Waals surface area (Å²) in [6.45, 7) is 7.27. The molecular weight excluding hydrogens is 564 g/mol. The van der Waals surface area contributed by atoms with Crippen LogP contribution < -0.4 is 10.1 Å². The fraction of sp³-hybridized carbons (Fsp3) is 0.607. The largest absolute Gasteiger partial charge is 0.488 e. The van der Waals surface area contributed by atoms with Gasteiger partial charge in [-0.1, -0.05) is 6.92 Å². The van der Waals surface area contributed by atoms with Crippen molar-refractivity contribution >= 4 is 27.5 Å². The lowest BCUT2D eigenvalue weighted by molar-refractivity contribution is -0.134. The Morgan fingerprint density at radius 1 is 1.29 bits per heavy atom. The number of likely N-dealkylation sites (N-methyl/N-ethyl adjacent to an activating group) is 1. The number of aliphatic hydroxyl groups is 1. The Hall–Kier alpha value is -3.04. The number of hydrogen-bond donors (Lipinski definition) is 2. The van der Waals surface area contributed by atoms with Crippen molar-refractivity contribution in [2.24, 2.45) is 13.0 Å². The number of amides is 2. The fourth-order valence-corrected chi connectivity index (χ4v) is 6.21. The summed E-state index contributed by atoms with van der Waals surface area (Å²) in [6.07, 6.45) is 2.56. The SMILES string of the molecule is C[C@@H]1CN([C@@H](C)CO)C(=O)Cc2cc(NC(=O)CCN3CCOCC3)ccc2O[C@H]1CN(C)S(=O)(=O)c1cn(C)cn1. The van der Waals surface area contributed by atoms with Crippen LogP contribution >= 0.6 is 0 Å². The lowest BCUT2D eigenvalue weighted by Gasteiger charge is -2.33. The number of rotatable bonds is 10. The van der Waals surface area contributed by atoms with Gasteiger partial charge >= 0.3 is 0 Å². The van der Waals surface area contributed by atoms with Crippen LogP contribution in [0.2, 0.25) is 0 Å². The summed E-state index contributed by atoms with van der Waals surface area (Å²) in [4.78, 5) is 34.0. The number of aryl methyl sites for hydroxylation is 1. The summed E-state index contributed by atoms with van der Waals surface area (Å²) in [5.74, 6) is -0.178. The van der Waals surface area contributed by atoms with Gasteiger partial charge in [-0.15, -0.1) is 0 Å². The van der Waals surface area contributed by atoms with E-state index in [1.165, 1.54) is 23.9 Å². The first-order chi connectivity index (χ1) is 20.0. The van der Waals surface area contributed by atoms with Gasteiger partial charge in [0.2, 0.25) is 11.8 Å². The third kappa shape index (κ3) is 7.86. The Morgan fingerprint density at radius 3 is 2.69 bits per heavy atom. The highest BCUT2D eigenvalue weighted by atomic mass is 32.2. The van der Waals surface area contributed by atoms with Gasteiger partial charge in [-0.05, 0) is 25.1 Å². The van der Waals surface area contributed by atoms with E-state index < -0.39 is 22.2 Å². The lowest BCUT2D eigenvalue weighted by Crippen LogP contribution is -2.48. The molecule has 0 aliphatic carbocycles. The molecule has 1 fully saturated rings. The molecule has 0 radical (unpaired) electrons. The molecule has 2 aliphatic heterocycles. The first-order valence-electron chi connectivity index (χ1n) is 14.2. The van der Waals surface area contributed by atoms with E-state index in [2.05, 4.69) is 15.2 Å². The van der Waals surface area contributed by atoms with Crippen LogP contribution in [0, 0.1) is 5.92 Å². The van der Waals surface area contributed by atoms with Gasteiger partial charge in [0.1, 0.15) is 11.9 Å². The molecule has 13 nitrogen and oxygen atoms in total. The molecule has 1 aromatic carbocycles. The monoisotopic (exact) mass is 606 g/mol. The maximum atomic E-state index is 13.5. The molecule has 2 aliphatic rings. The van der Waals surface area contributed by atoms with Crippen molar-refractivity contribution in [3.05, 3.63) is 36.3 Å². The van der Waals surface area contributed by atoms with Crippen LogP contribution in [-0.2, 0) is 37.8 Å². The van der Waals surface area contributed by atoms with Crippen LogP contribution in [0.1, 0.15) is 25.8 Å². The minimum absolute atomic E-state index is 0.00131. The fourth-order valence-electron chi connectivity index (χ4n) is 5.07. The van der Waals surface area contributed by atoms with Gasteiger partial charge in [0.15, 0.2) is 5.03 Å². The highest BCUT2D eigenvalue weighted by molar-refractivity contribution is 7.89. The lowest BCUT2D eigenvalue weighted by atomic mass is 10.0. The maximum absolute atomic E-state index is 13.5. The zero-order valence-electron chi connectivity index (χ0n) is 24.7. The van der Waals surface area contributed by atoms with Crippen LogP contribution in [0.15, 0.2) is 35.7 Å². The normalized spacial score (nSPS) is 21.2. The Balaban J connectivity index is 1.55. The molecule has 3 heterocycles. The van der Waals surface area contributed by atoms with Gasteiger partial charge in [0.05, 0.1) is 45.2 Å². The number of carbonyl (C=O) groups is 2. The molecule has 1 aromatic heterocycles. The number of sulfonamides is 1. The molecule has 42 heavy (non-hydrogen) atoms. The standard InChI is InChI=1S/C28H42N6O7S/c1-20-15-34(21(2)18-35)28(37)14-22-13-23(30-26(36)7-8-33-9-11-40-12-10-33)5-6-24(22)41-25(20)16-32(4)42(38,39)27-17-31(3)19-29-27/h5-6,13,17,19-21,25,35H,7-12,14-16,18H2,1-4H3,(H,30,36)/t20-,21+,25+/m1/s1. The molecule has 3 atom stereocenters. The van der Waals surface area contributed by atoms with Gasteiger partial charge in [0, 0.05) is 70.1 Å². The second kappa shape index (κ2) is 14.0. The number of anilines is 1. The number of aromatic nitrogens is 2. The molecule has 2 N–H and O–H groups in total. The Morgan fingerprint density at radius 2 is 2.02 bits per heavy atom. The molecule has 2 amide bonds. The van der Waals surface area contributed by atoms with Gasteiger partial charge in [-0.2, -0.15) is 4.31 Å². The number of ether oxygens (including phenoxy) is 2. The highest BCUT2D eigenvalue weighted by Crippen LogP contribution is 2.30. The summed E-state index contributed by atoms with van der Waals surface area (Å²) in [5.41, 5.74) is 1.10.